The Balaban J connectivity index is 4.40. The zero-order valence-corrected chi connectivity index (χ0v) is 14.4. The van der Waals surface area contributed by atoms with Gasteiger partial charge in [-0.1, -0.05) is 0 Å². The fourth-order valence-corrected chi connectivity index (χ4v) is 2.32. The van der Waals surface area contributed by atoms with Crippen LogP contribution in [0.25, 0.3) is 0 Å². The maximum absolute atomic E-state index is 12.3. The van der Waals surface area contributed by atoms with E-state index in [9.17, 15) is 41.4 Å². The Bertz CT molecular complexity index is 376. The van der Waals surface area contributed by atoms with E-state index in [2.05, 4.69) is 9.47 Å². The number of hydrogen-bond donors (Lipinski definition) is 2. The van der Waals surface area contributed by atoms with Crippen molar-refractivity contribution in [2.75, 3.05) is 14.2 Å². The van der Waals surface area contributed by atoms with E-state index in [1.54, 1.807) is 0 Å². The molecule has 0 aromatic heterocycles. The van der Waals surface area contributed by atoms with Gasteiger partial charge in [-0.3, -0.25) is 4.79 Å². The summed E-state index contributed by atoms with van der Waals surface area (Å²) < 4.78 is 83.0. The first-order chi connectivity index (χ1) is 11.8. The number of aliphatic hydroxyl groups is 2. The van der Waals surface area contributed by atoms with Gasteiger partial charge in [0.1, 0.15) is 12.2 Å². The van der Waals surface area contributed by atoms with Gasteiger partial charge in [-0.15, -0.1) is 0 Å². The summed E-state index contributed by atoms with van der Waals surface area (Å²) in [6.07, 6.45) is -18.7. The van der Waals surface area contributed by atoms with E-state index in [-0.39, 0.29) is 25.7 Å². The quantitative estimate of drug-likeness (QED) is 0.495. The van der Waals surface area contributed by atoms with Crippen molar-refractivity contribution in [1.29, 1.82) is 0 Å². The van der Waals surface area contributed by atoms with Gasteiger partial charge in [0.25, 0.3) is 0 Å². The van der Waals surface area contributed by atoms with Gasteiger partial charge in [0.15, 0.2) is 5.78 Å². The molecule has 156 valence electrons. The molecule has 0 fully saturated rings. The predicted molar refractivity (Wildman–Crippen MR) is 78.4 cm³/mol. The molecular weight excluding hydrogens is 374 g/mol. The fraction of sp³-hybridized carbons (Fsp3) is 0.933. The SMILES string of the molecule is COC(CCC(O)C(=O)C(O)CCC(CC(F)(F)F)OC)CC(F)(F)F. The number of halogens is 6. The molecule has 0 aromatic rings. The minimum atomic E-state index is -4.47. The van der Waals surface area contributed by atoms with Crippen molar-refractivity contribution in [3.8, 4) is 0 Å². The topological polar surface area (TPSA) is 76.0 Å². The molecule has 0 rings (SSSR count). The van der Waals surface area contributed by atoms with E-state index < -0.39 is 55.4 Å². The molecule has 0 spiro atoms. The van der Waals surface area contributed by atoms with Crippen LogP contribution in [0.4, 0.5) is 26.3 Å². The Morgan fingerprint density at radius 2 is 1.08 bits per heavy atom. The third-order valence-corrected chi connectivity index (χ3v) is 3.77. The van der Waals surface area contributed by atoms with Crippen molar-refractivity contribution < 1.29 is 50.8 Å². The first-order valence-corrected chi connectivity index (χ1v) is 7.88. The third-order valence-electron chi connectivity index (χ3n) is 3.77. The van der Waals surface area contributed by atoms with Crippen LogP contribution in [0.1, 0.15) is 38.5 Å². The lowest BCUT2D eigenvalue weighted by molar-refractivity contribution is -0.159. The van der Waals surface area contributed by atoms with E-state index in [0.717, 1.165) is 14.2 Å². The molecule has 4 atom stereocenters. The molecule has 0 aliphatic carbocycles. The first kappa shape index (κ1) is 25.1. The lowest BCUT2D eigenvalue weighted by atomic mass is 9.98. The molecule has 0 saturated heterocycles. The molecule has 0 aromatic carbocycles. The highest BCUT2D eigenvalue weighted by atomic mass is 19.4. The molecule has 11 heteroatoms. The Morgan fingerprint density at radius 1 is 0.769 bits per heavy atom. The number of hydrogen-bond acceptors (Lipinski definition) is 5. The highest BCUT2D eigenvalue weighted by molar-refractivity contribution is 5.86. The Kier molecular flexibility index (Phi) is 10.7. The molecule has 0 saturated carbocycles. The van der Waals surface area contributed by atoms with Crippen LogP contribution in [0.3, 0.4) is 0 Å². The smallest absolute Gasteiger partial charge is 0.385 e. The molecule has 0 aliphatic heterocycles. The summed E-state index contributed by atoms with van der Waals surface area (Å²) in [6.45, 7) is 0. The molecule has 0 aliphatic rings. The average molecular weight is 398 g/mol. The Morgan fingerprint density at radius 3 is 1.31 bits per heavy atom. The number of alkyl halides is 6. The summed E-state index contributed by atoms with van der Waals surface area (Å²) >= 11 is 0. The normalized spacial score (nSPS) is 17.6. The van der Waals surface area contributed by atoms with Crippen molar-refractivity contribution in [2.24, 2.45) is 0 Å². The summed E-state index contributed by atoms with van der Waals surface area (Å²) in [5.74, 6) is -1.06. The highest BCUT2D eigenvalue weighted by Gasteiger charge is 2.34. The van der Waals surface area contributed by atoms with Gasteiger partial charge in [-0.05, 0) is 25.7 Å². The predicted octanol–water partition coefficient (Wildman–Crippen LogP) is 2.77. The van der Waals surface area contributed by atoms with Crippen LogP contribution < -0.4 is 0 Å². The van der Waals surface area contributed by atoms with Crippen LogP contribution in [-0.4, -0.2) is 67.0 Å². The van der Waals surface area contributed by atoms with Crippen molar-refractivity contribution >= 4 is 5.78 Å². The highest BCUT2D eigenvalue weighted by Crippen LogP contribution is 2.26. The minimum Gasteiger partial charge on any atom is -0.385 e. The van der Waals surface area contributed by atoms with Gasteiger partial charge in [0.05, 0.1) is 25.0 Å². The second-order valence-corrected chi connectivity index (χ2v) is 5.94. The van der Waals surface area contributed by atoms with Crippen LogP contribution >= 0.6 is 0 Å². The van der Waals surface area contributed by atoms with Gasteiger partial charge in [0.2, 0.25) is 0 Å². The number of methoxy groups -OCH3 is 2. The lowest BCUT2D eigenvalue weighted by Gasteiger charge is -2.21. The van der Waals surface area contributed by atoms with Crippen LogP contribution in [0.15, 0.2) is 0 Å². The van der Waals surface area contributed by atoms with Crippen molar-refractivity contribution in [3.05, 3.63) is 0 Å². The van der Waals surface area contributed by atoms with Crippen LogP contribution in [0, 0.1) is 0 Å². The van der Waals surface area contributed by atoms with E-state index in [1.807, 2.05) is 0 Å². The number of carbonyl (C=O) groups excluding carboxylic acids is 1. The molecule has 0 amide bonds. The fourth-order valence-electron chi connectivity index (χ4n) is 2.32. The number of aliphatic hydroxyl groups excluding tert-OH is 2. The molecule has 0 heterocycles. The van der Waals surface area contributed by atoms with Crippen molar-refractivity contribution in [3.63, 3.8) is 0 Å². The molecule has 26 heavy (non-hydrogen) atoms. The third kappa shape index (κ3) is 11.7. The summed E-state index contributed by atoms with van der Waals surface area (Å²) in [5, 5.41) is 19.4. The number of rotatable bonds is 12. The summed E-state index contributed by atoms with van der Waals surface area (Å²) in [5.41, 5.74) is 0. The van der Waals surface area contributed by atoms with E-state index in [1.165, 1.54) is 0 Å². The summed E-state index contributed by atoms with van der Waals surface area (Å²) in [6, 6.07) is 0. The second kappa shape index (κ2) is 11.1. The van der Waals surface area contributed by atoms with Gasteiger partial charge >= 0.3 is 12.4 Å². The number of Topliss-reactive ketones (excluding diaryl/α,β-unsaturated/α-hetero) is 1. The molecule has 4 unspecified atom stereocenters. The van der Waals surface area contributed by atoms with E-state index >= 15 is 0 Å². The average Bonchev–Trinajstić information content (AvgIpc) is 2.51. The minimum absolute atomic E-state index is 0.273. The monoisotopic (exact) mass is 398 g/mol. The summed E-state index contributed by atoms with van der Waals surface area (Å²) in [4.78, 5) is 11.8. The first-order valence-electron chi connectivity index (χ1n) is 7.88. The maximum Gasteiger partial charge on any atom is 0.391 e. The Hall–Kier alpha value is -0.910. The van der Waals surface area contributed by atoms with Gasteiger partial charge in [-0.25, -0.2) is 0 Å². The zero-order valence-electron chi connectivity index (χ0n) is 14.4. The van der Waals surface area contributed by atoms with Crippen LogP contribution in [0.2, 0.25) is 0 Å². The zero-order chi connectivity index (χ0) is 20.5. The standard InChI is InChI=1S/C15H24F6O5/c1-25-9(7-14(16,17)18)3-5-11(22)13(24)12(23)6-4-10(26-2)8-15(19,20)21/h9-12,22-23H,3-8H2,1-2H3. The largest absolute Gasteiger partial charge is 0.391 e. The number of ketones is 1. The second-order valence-electron chi connectivity index (χ2n) is 5.94. The molecule has 2 N–H and O–H groups in total. The molecule has 0 radical (unpaired) electrons. The Labute approximate surface area is 147 Å². The number of carbonyl (C=O) groups is 1. The van der Waals surface area contributed by atoms with Gasteiger partial charge in [0, 0.05) is 14.2 Å². The number of ether oxygens (including phenoxy) is 2. The van der Waals surface area contributed by atoms with Gasteiger partial charge < -0.3 is 19.7 Å². The van der Waals surface area contributed by atoms with E-state index in [4.69, 9.17) is 0 Å². The molecular formula is C15H24F6O5. The van der Waals surface area contributed by atoms with Crippen LogP contribution in [-0.2, 0) is 14.3 Å². The lowest BCUT2D eigenvalue weighted by Crippen LogP contribution is -2.34. The molecule has 5 nitrogen and oxygen atoms in total. The molecule has 0 bridgehead atoms. The maximum atomic E-state index is 12.3. The summed E-state index contributed by atoms with van der Waals surface area (Å²) in [7, 11) is 2.12. The van der Waals surface area contributed by atoms with Crippen LogP contribution in [0.5, 0.6) is 0 Å². The van der Waals surface area contributed by atoms with Gasteiger partial charge in [-0.2, -0.15) is 26.3 Å². The van der Waals surface area contributed by atoms with Crippen molar-refractivity contribution in [1.82, 2.24) is 0 Å². The van der Waals surface area contributed by atoms with E-state index in [0.29, 0.717) is 0 Å². The van der Waals surface area contributed by atoms with Crippen molar-refractivity contribution in [2.45, 2.75) is 75.3 Å².